The smallest absolute Gasteiger partial charge is 0.225 e. The Morgan fingerprint density at radius 3 is 2.44 bits per heavy atom. The highest BCUT2D eigenvalue weighted by atomic mass is 32.1. The van der Waals surface area contributed by atoms with E-state index >= 15 is 0 Å². The van der Waals surface area contributed by atoms with Gasteiger partial charge in [-0.2, -0.15) is 5.26 Å². The van der Waals surface area contributed by atoms with Crippen molar-refractivity contribution in [2.75, 3.05) is 44.2 Å². The predicted molar refractivity (Wildman–Crippen MR) is 135 cm³/mol. The number of amides is 1. The molecule has 2 aliphatic rings. The van der Waals surface area contributed by atoms with Crippen molar-refractivity contribution in [3.8, 4) is 6.07 Å². The summed E-state index contributed by atoms with van der Waals surface area (Å²) in [6.07, 6.45) is 3.41. The number of nitriles is 1. The predicted octanol–water partition coefficient (Wildman–Crippen LogP) is 3.74. The molecule has 0 bridgehead atoms. The van der Waals surface area contributed by atoms with Crippen molar-refractivity contribution >= 4 is 33.3 Å². The van der Waals surface area contributed by atoms with Gasteiger partial charge < -0.3 is 9.80 Å². The Kier molecular flexibility index (Phi) is 6.48. The molecule has 2 saturated heterocycles. The van der Waals surface area contributed by atoms with Crippen molar-refractivity contribution in [2.24, 2.45) is 5.92 Å². The van der Waals surface area contributed by atoms with Crippen LogP contribution in [0.15, 0.2) is 30.6 Å². The third-order valence-electron chi connectivity index (χ3n) is 7.26. The van der Waals surface area contributed by atoms with Gasteiger partial charge in [-0.25, -0.2) is 9.97 Å². The first-order valence-corrected chi connectivity index (χ1v) is 12.8. The van der Waals surface area contributed by atoms with Crippen LogP contribution in [0.1, 0.15) is 34.4 Å². The molecule has 0 saturated carbocycles. The van der Waals surface area contributed by atoms with Crippen LogP contribution >= 0.6 is 11.3 Å². The van der Waals surface area contributed by atoms with Gasteiger partial charge in [0.05, 0.1) is 17.0 Å². The lowest BCUT2D eigenvalue weighted by atomic mass is 9.94. The number of aromatic nitrogens is 2. The molecule has 0 spiro atoms. The molecule has 34 heavy (non-hydrogen) atoms. The average molecular weight is 475 g/mol. The quantitative estimate of drug-likeness (QED) is 0.573. The minimum absolute atomic E-state index is 0.101. The van der Waals surface area contributed by atoms with Crippen LogP contribution in [0.3, 0.4) is 0 Å². The van der Waals surface area contributed by atoms with E-state index in [1.54, 1.807) is 17.7 Å². The molecule has 7 nitrogen and oxygen atoms in total. The number of nitrogens with zero attached hydrogens (tertiary/aromatic N) is 6. The summed E-state index contributed by atoms with van der Waals surface area (Å²) in [6.45, 7) is 10.2. The number of benzene rings is 1. The average Bonchev–Trinajstić information content (AvgIpc) is 3.18. The largest absolute Gasteiger partial charge is 0.356 e. The number of piperazine rings is 1. The first-order valence-electron chi connectivity index (χ1n) is 12.0. The summed E-state index contributed by atoms with van der Waals surface area (Å²) in [6, 6.07) is 9.95. The minimum Gasteiger partial charge on any atom is -0.356 e. The number of carbonyl (C=O) groups excluding carboxylic acids is 1. The number of rotatable bonds is 4. The van der Waals surface area contributed by atoms with Crippen molar-refractivity contribution in [3.05, 3.63) is 52.2 Å². The minimum atomic E-state index is 0.101. The summed E-state index contributed by atoms with van der Waals surface area (Å²) in [5.74, 6) is 1.44. The summed E-state index contributed by atoms with van der Waals surface area (Å²) in [7, 11) is 0. The highest BCUT2D eigenvalue weighted by Gasteiger charge is 2.31. The second-order valence-corrected chi connectivity index (χ2v) is 10.5. The topological polar surface area (TPSA) is 76.4 Å². The van der Waals surface area contributed by atoms with Gasteiger partial charge in [0.15, 0.2) is 0 Å². The van der Waals surface area contributed by atoms with E-state index in [9.17, 15) is 4.79 Å². The SMILES string of the molecule is Cc1sc2ncnc(N3CCC(C(=O)N4CCN(Cc5ccc(C#N)cc5)CC4)CC3)c2c1C. The van der Waals surface area contributed by atoms with Crippen molar-refractivity contribution in [1.29, 1.82) is 5.26 Å². The molecule has 176 valence electrons. The fourth-order valence-electron chi connectivity index (χ4n) is 5.07. The summed E-state index contributed by atoms with van der Waals surface area (Å²) in [4.78, 5) is 31.5. The van der Waals surface area contributed by atoms with Gasteiger partial charge in [0.1, 0.15) is 17.0 Å². The molecule has 2 aromatic heterocycles. The number of hydrogen-bond acceptors (Lipinski definition) is 7. The molecular formula is C26H30N6OS. The van der Waals surface area contributed by atoms with Gasteiger partial charge in [-0.1, -0.05) is 12.1 Å². The summed E-state index contributed by atoms with van der Waals surface area (Å²) >= 11 is 1.73. The van der Waals surface area contributed by atoms with Gasteiger partial charge in [0.25, 0.3) is 0 Å². The number of fused-ring (bicyclic) bond motifs is 1. The highest BCUT2D eigenvalue weighted by molar-refractivity contribution is 7.18. The second kappa shape index (κ2) is 9.69. The molecule has 8 heteroatoms. The Bertz CT molecular complexity index is 1210. The zero-order valence-electron chi connectivity index (χ0n) is 19.8. The van der Waals surface area contributed by atoms with Crippen LogP contribution < -0.4 is 4.90 Å². The Balaban J connectivity index is 1.14. The summed E-state index contributed by atoms with van der Waals surface area (Å²) < 4.78 is 0. The van der Waals surface area contributed by atoms with Crippen LogP contribution in [-0.2, 0) is 11.3 Å². The van der Waals surface area contributed by atoms with Crippen LogP contribution in [-0.4, -0.2) is 64.9 Å². The lowest BCUT2D eigenvalue weighted by Crippen LogP contribution is -2.51. The fraction of sp³-hybridized carbons (Fsp3) is 0.462. The Morgan fingerprint density at radius 1 is 1.06 bits per heavy atom. The van der Waals surface area contributed by atoms with E-state index in [0.29, 0.717) is 11.5 Å². The summed E-state index contributed by atoms with van der Waals surface area (Å²) in [5, 5.41) is 10.1. The van der Waals surface area contributed by atoms with E-state index in [-0.39, 0.29) is 5.92 Å². The molecule has 0 N–H and O–H groups in total. The van der Waals surface area contributed by atoms with E-state index in [4.69, 9.17) is 5.26 Å². The lowest BCUT2D eigenvalue weighted by Gasteiger charge is -2.39. The van der Waals surface area contributed by atoms with Gasteiger partial charge in [-0.05, 0) is 49.9 Å². The normalized spacial score (nSPS) is 17.8. The number of hydrogen-bond donors (Lipinski definition) is 0. The van der Waals surface area contributed by atoms with Crippen LogP contribution in [0, 0.1) is 31.1 Å². The van der Waals surface area contributed by atoms with Gasteiger partial charge in [-0.15, -0.1) is 11.3 Å². The van der Waals surface area contributed by atoms with Crippen LogP contribution in [0.4, 0.5) is 5.82 Å². The number of carbonyl (C=O) groups is 1. The third-order valence-corrected chi connectivity index (χ3v) is 8.38. The lowest BCUT2D eigenvalue weighted by molar-refractivity contribution is -0.138. The zero-order valence-corrected chi connectivity index (χ0v) is 20.6. The Labute approximate surface area is 204 Å². The first kappa shape index (κ1) is 22.8. The molecule has 0 atom stereocenters. The van der Waals surface area contributed by atoms with Gasteiger partial charge >= 0.3 is 0 Å². The molecule has 2 aliphatic heterocycles. The molecular weight excluding hydrogens is 444 g/mol. The molecule has 0 radical (unpaired) electrons. The van der Waals surface area contributed by atoms with E-state index in [0.717, 1.165) is 69.3 Å². The van der Waals surface area contributed by atoms with Crippen LogP contribution in [0.5, 0.6) is 0 Å². The van der Waals surface area contributed by atoms with Crippen molar-refractivity contribution in [2.45, 2.75) is 33.2 Å². The maximum absolute atomic E-state index is 13.2. The van der Waals surface area contributed by atoms with E-state index < -0.39 is 0 Å². The maximum Gasteiger partial charge on any atom is 0.225 e. The number of aryl methyl sites for hydroxylation is 2. The van der Waals surface area contributed by atoms with E-state index in [1.807, 2.05) is 24.3 Å². The van der Waals surface area contributed by atoms with Crippen LogP contribution in [0.25, 0.3) is 10.2 Å². The Morgan fingerprint density at radius 2 is 1.76 bits per heavy atom. The molecule has 3 aromatic rings. The van der Waals surface area contributed by atoms with Gasteiger partial charge in [0, 0.05) is 56.6 Å². The highest BCUT2D eigenvalue weighted by Crippen LogP contribution is 2.35. The molecule has 1 aromatic carbocycles. The standard InChI is InChI=1S/C26H30N6OS/c1-18-19(2)34-25-23(18)24(28-17-29-25)31-9-7-22(8-10-31)26(33)32-13-11-30(12-14-32)16-21-5-3-20(15-27)4-6-21/h3-6,17,22H,7-14,16H2,1-2H3. The number of anilines is 1. The van der Waals surface area contributed by atoms with Gasteiger partial charge in [-0.3, -0.25) is 9.69 Å². The maximum atomic E-state index is 13.2. The fourth-order valence-corrected chi connectivity index (χ4v) is 6.06. The zero-order chi connectivity index (χ0) is 23.7. The Hall–Kier alpha value is -3.02. The van der Waals surface area contributed by atoms with E-state index in [2.05, 4.69) is 44.6 Å². The number of piperidine rings is 1. The first-order chi connectivity index (χ1) is 16.5. The summed E-state index contributed by atoms with van der Waals surface area (Å²) in [5.41, 5.74) is 3.17. The molecule has 5 rings (SSSR count). The molecule has 2 fully saturated rings. The van der Waals surface area contributed by atoms with E-state index in [1.165, 1.54) is 21.4 Å². The third kappa shape index (κ3) is 4.50. The van der Waals surface area contributed by atoms with Crippen molar-refractivity contribution < 1.29 is 4.79 Å². The number of thiophene rings is 1. The van der Waals surface area contributed by atoms with Crippen molar-refractivity contribution in [3.63, 3.8) is 0 Å². The molecule has 0 unspecified atom stereocenters. The molecule has 4 heterocycles. The van der Waals surface area contributed by atoms with Gasteiger partial charge in [0.2, 0.25) is 5.91 Å². The van der Waals surface area contributed by atoms with Crippen molar-refractivity contribution in [1.82, 2.24) is 19.8 Å². The van der Waals surface area contributed by atoms with Crippen LogP contribution in [0.2, 0.25) is 0 Å². The monoisotopic (exact) mass is 474 g/mol. The second-order valence-electron chi connectivity index (χ2n) is 9.33. The molecule has 0 aliphatic carbocycles. The molecule has 1 amide bonds.